The van der Waals surface area contributed by atoms with E-state index in [1.54, 1.807) is 0 Å². The van der Waals surface area contributed by atoms with Gasteiger partial charge in [0.2, 0.25) is 0 Å². The number of aryl methyl sites for hydroxylation is 1. The molecule has 2 aromatic carbocycles. The first-order valence-corrected chi connectivity index (χ1v) is 9.40. The summed E-state index contributed by atoms with van der Waals surface area (Å²) in [6, 6.07) is 21.4. The maximum absolute atomic E-state index is 5.84. The van der Waals surface area contributed by atoms with E-state index in [0.717, 1.165) is 23.9 Å². The smallest absolute Gasteiger partial charge is 0.174 e. The molecule has 3 nitrogen and oxygen atoms in total. The van der Waals surface area contributed by atoms with E-state index >= 15 is 0 Å². The van der Waals surface area contributed by atoms with Crippen molar-refractivity contribution in [1.29, 1.82) is 0 Å². The molecule has 1 aromatic heterocycles. The maximum atomic E-state index is 5.84. The van der Waals surface area contributed by atoms with E-state index in [1.807, 2.05) is 0 Å². The largest absolute Gasteiger partial charge is 0.348 e. The van der Waals surface area contributed by atoms with E-state index in [2.05, 4.69) is 95.5 Å². The minimum absolute atomic E-state index is 0.130. The fourth-order valence-electron chi connectivity index (χ4n) is 3.66. The number of fused-ring (bicyclic) bond motifs is 1. The summed E-state index contributed by atoms with van der Waals surface area (Å²) in [7, 11) is 0. The molecule has 0 saturated carbocycles. The minimum Gasteiger partial charge on any atom is -0.348 e. The van der Waals surface area contributed by atoms with Gasteiger partial charge in [0.15, 0.2) is 5.11 Å². The van der Waals surface area contributed by atoms with E-state index in [9.17, 15) is 0 Å². The predicted octanol–water partition coefficient (Wildman–Crippen LogP) is 4.91. The predicted molar refractivity (Wildman–Crippen MR) is 112 cm³/mol. The van der Waals surface area contributed by atoms with Crippen molar-refractivity contribution in [2.75, 3.05) is 11.9 Å². The lowest BCUT2D eigenvalue weighted by atomic mass is 10.0. The first-order chi connectivity index (χ1) is 12.6. The van der Waals surface area contributed by atoms with Crippen LogP contribution in [0.15, 0.2) is 66.9 Å². The van der Waals surface area contributed by atoms with Crippen LogP contribution in [0.25, 0.3) is 0 Å². The fourth-order valence-corrected chi connectivity index (χ4v) is 3.97. The Bertz CT molecular complexity index is 930. The lowest BCUT2D eigenvalue weighted by molar-refractivity contribution is 0.293. The summed E-state index contributed by atoms with van der Waals surface area (Å²) in [6.45, 7) is 6.10. The zero-order valence-corrected chi connectivity index (χ0v) is 16.0. The van der Waals surface area contributed by atoms with Crippen LogP contribution in [0.5, 0.6) is 0 Å². The van der Waals surface area contributed by atoms with Crippen molar-refractivity contribution in [3.05, 3.63) is 89.2 Å². The van der Waals surface area contributed by atoms with Crippen LogP contribution >= 0.6 is 12.2 Å². The molecule has 0 radical (unpaired) electrons. The monoisotopic (exact) mass is 361 g/mol. The van der Waals surface area contributed by atoms with Gasteiger partial charge in [0.1, 0.15) is 0 Å². The third kappa shape index (κ3) is 3.01. The van der Waals surface area contributed by atoms with Gasteiger partial charge in [-0.1, -0.05) is 42.5 Å². The molecule has 4 rings (SSSR count). The SMILES string of the molecule is Cc1cccc(NC(=S)N2CCn3cccc3[C@@H]2c2ccccc2)c1C. The summed E-state index contributed by atoms with van der Waals surface area (Å²) in [5, 5.41) is 4.27. The van der Waals surface area contributed by atoms with E-state index in [1.165, 1.54) is 22.4 Å². The Balaban J connectivity index is 1.68. The topological polar surface area (TPSA) is 20.2 Å². The van der Waals surface area contributed by atoms with Gasteiger partial charge < -0.3 is 14.8 Å². The Labute approximate surface area is 160 Å². The summed E-state index contributed by atoms with van der Waals surface area (Å²) in [5.41, 5.74) is 6.14. The van der Waals surface area contributed by atoms with Crippen LogP contribution in [0.4, 0.5) is 5.69 Å². The molecule has 0 fully saturated rings. The number of anilines is 1. The molecule has 26 heavy (non-hydrogen) atoms. The highest BCUT2D eigenvalue weighted by Crippen LogP contribution is 2.33. The number of nitrogens with zero attached hydrogens (tertiary/aromatic N) is 2. The van der Waals surface area contributed by atoms with Gasteiger partial charge in [-0.05, 0) is 61.0 Å². The minimum atomic E-state index is 0.130. The fraction of sp³-hybridized carbons (Fsp3) is 0.227. The van der Waals surface area contributed by atoms with Crippen molar-refractivity contribution >= 4 is 23.0 Å². The Kier molecular flexibility index (Phi) is 4.51. The molecular weight excluding hydrogens is 338 g/mol. The van der Waals surface area contributed by atoms with E-state index in [4.69, 9.17) is 12.2 Å². The van der Waals surface area contributed by atoms with Crippen molar-refractivity contribution in [2.24, 2.45) is 0 Å². The van der Waals surface area contributed by atoms with Crippen molar-refractivity contribution in [2.45, 2.75) is 26.4 Å². The van der Waals surface area contributed by atoms with Crippen LogP contribution in [0.1, 0.15) is 28.4 Å². The third-order valence-corrected chi connectivity index (χ3v) is 5.60. The molecule has 1 atom stereocenters. The molecule has 0 spiro atoms. The molecule has 1 aliphatic heterocycles. The number of nitrogens with one attached hydrogen (secondary N) is 1. The second kappa shape index (κ2) is 6.96. The zero-order valence-electron chi connectivity index (χ0n) is 15.1. The van der Waals surface area contributed by atoms with Crippen LogP contribution in [-0.4, -0.2) is 21.1 Å². The summed E-state index contributed by atoms with van der Waals surface area (Å²) in [5.74, 6) is 0. The van der Waals surface area contributed by atoms with Gasteiger partial charge in [0.05, 0.1) is 6.04 Å². The highest BCUT2D eigenvalue weighted by Gasteiger charge is 2.30. The number of benzene rings is 2. The lowest BCUT2D eigenvalue weighted by Crippen LogP contribution is -2.44. The second-order valence-electron chi connectivity index (χ2n) is 6.81. The Morgan fingerprint density at radius 2 is 1.77 bits per heavy atom. The molecule has 0 aliphatic carbocycles. The quantitative estimate of drug-likeness (QED) is 0.655. The Morgan fingerprint density at radius 1 is 0.962 bits per heavy atom. The summed E-state index contributed by atoms with van der Waals surface area (Å²) >= 11 is 5.84. The summed E-state index contributed by atoms with van der Waals surface area (Å²) in [4.78, 5) is 2.31. The summed E-state index contributed by atoms with van der Waals surface area (Å²) < 4.78 is 2.33. The van der Waals surface area contributed by atoms with E-state index in [-0.39, 0.29) is 6.04 Å². The van der Waals surface area contributed by atoms with Gasteiger partial charge in [-0.3, -0.25) is 0 Å². The van der Waals surface area contributed by atoms with Crippen LogP contribution in [0.2, 0.25) is 0 Å². The highest BCUT2D eigenvalue weighted by molar-refractivity contribution is 7.80. The lowest BCUT2D eigenvalue weighted by Gasteiger charge is -2.39. The standard InChI is InChI=1S/C22H23N3S/c1-16-8-6-11-19(17(16)2)23-22(26)25-15-14-24-13-7-12-20(24)21(25)18-9-4-3-5-10-18/h3-13,21H,14-15H2,1-2H3,(H,23,26)/t21-/m0/s1. The molecular formula is C22H23N3S. The highest BCUT2D eigenvalue weighted by atomic mass is 32.1. The van der Waals surface area contributed by atoms with Crippen LogP contribution in [-0.2, 0) is 6.54 Å². The number of hydrogen-bond donors (Lipinski definition) is 1. The normalized spacial score (nSPS) is 16.2. The molecule has 1 N–H and O–H groups in total. The van der Waals surface area contributed by atoms with Gasteiger partial charge in [-0.15, -0.1) is 0 Å². The van der Waals surface area contributed by atoms with E-state index in [0.29, 0.717) is 0 Å². The van der Waals surface area contributed by atoms with Gasteiger partial charge in [-0.2, -0.15) is 0 Å². The van der Waals surface area contributed by atoms with Crippen LogP contribution in [0, 0.1) is 13.8 Å². The molecule has 3 aromatic rings. The zero-order chi connectivity index (χ0) is 18.1. The number of aromatic nitrogens is 1. The third-order valence-electron chi connectivity index (χ3n) is 5.26. The van der Waals surface area contributed by atoms with Crippen molar-refractivity contribution in [3.63, 3.8) is 0 Å². The van der Waals surface area contributed by atoms with Gasteiger partial charge in [0, 0.05) is 30.7 Å². The molecule has 2 heterocycles. The van der Waals surface area contributed by atoms with Crippen molar-refractivity contribution in [1.82, 2.24) is 9.47 Å². The molecule has 132 valence electrons. The summed E-state index contributed by atoms with van der Waals surface area (Å²) in [6.07, 6.45) is 2.16. The molecule has 4 heteroatoms. The Hall–Kier alpha value is -2.59. The average Bonchev–Trinajstić information content (AvgIpc) is 3.14. The van der Waals surface area contributed by atoms with Gasteiger partial charge in [-0.25, -0.2) is 0 Å². The number of hydrogen-bond acceptors (Lipinski definition) is 1. The molecule has 1 aliphatic rings. The van der Waals surface area contributed by atoms with E-state index < -0.39 is 0 Å². The average molecular weight is 362 g/mol. The second-order valence-corrected chi connectivity index (χ2v) is 7.20. The number of thiocarbonyl (C=S) groups is 1. The van der Waals surface area contributed by atoms with Crippen LogP contribution < -0.4 is 5.32 Å². The first-order valence-electron chi connectivity index (χ1n) is 8.99. The molecule has 0 bridgehead atoms. The number of rotatable bonds is 2. The van der Waals surface area contributed by atoms with Crippen molar-refractivity contribution < 1.29 is 0 Å². The van der Waals surface area contributed by atoms with Gasteiger partial charge in [0.25, 0.3) is 0 Å². The molecule has 0 amide bonds. The maximum Gasteiger partial charge on any atom is 0.174 e. The van der Waals surface area contributed by atoms with Crippen LogP contribution in [0.3, 0.4) is 0 Å². The molecule has 0 unspecified atom stereocenters. The van der Waals surface area contributed by atoms with Gasteiger partial charge >= 0.3 is 0 Å². The molecule has 0 saturated heterocycles. The van der Waals surface area contributed by atoms with Crippen molar-refractivity contribution in [3.8, 4) is 0 Å². The first kappa shape index (κ1) is 16.9. The Morgan fingerprint density at radius 3 is 2.58 bits per heavy atom.